The van der Waals surface area contributed by atoms with Gasteiger partial charge in [-0.1, -0.05) is 36.5 Å². The van der Waals surface area contributed by atoms with Gasteiger partial charge in [-0.05, 0) is 25.0 Å². The van der Waals surface area contributed by atoms with E-state index in [0.717, 1.165) is 47.9 Å². The molecule has 2 fully saturated rings. The van der Waals surface area contributed by atoms with Crippen molar-refractivity contribution in [3.8, 4) is 0 Å². The summed E-state index contributed by atoms with van der Waals surface area (Å²) in [5.74, 6) is 0. The van der Waals surface area contributed by atoms with Crippen LogP contribution in [0.3, 0.4) is 0 Å². The summed E-state index contributed by atoms with van der Waals surface area (Å²) in [5.41, 5.74) is 1.07. The molecule has 1 unspecified atom stereocenters. The van der Waals surface area contributed by atoms with Crippen molar-refractivity contribution < 1.29 is 9.47 Å². The number of rotatable bonds is 6. The van der Waals surface area contributed by atoms with Crippen molar-refractivity contribution in [2.24, 2.45) is 0 Å². The molecule has 2 heterocycles. The van der Waals surface area contributed by atoms with Crippen LogP contribution < -0.4 is 5.32 Å². The lowest BCUT2D eigenvalue weighted by atomic mass is 9.96. The maximum Gasteiger partial charge on any atom is 0.172 e. The fourth-order valence-corrected chi connectivity index (χ4v) is 3.84. The molecule has 138 valence electrons. The molecule has 2 aromatic rings. The summed E-state index contributed by atoms with van der Waals surface area (Å²) >= 11 is 5.84. The average molecular weight is 372 g/mol. The number of aromatic nitrogens is 1. The highest BCUT2D eigenvalue weighted by Gasteiger charge is 2.42. The highest BCUT2D eigenvalue weighted by Crippen LogP contribution is 2.31. The van der Waals surface area contributed by atoms with Crippen molar-refractivity contribution in [2.75, 3.05) is 40.0 Å². The van der Waals surface area contributed by atoms with Crippen LogP contribution in [0.2, 0.25) is 0 Å². The molecular formula is C20H25N3O2S. The molecule has 5 nitrogen and oxygen atoms in total. The van der Waals surface area contributed by atoms with Crippen LogP contribution in [0.4, 0.5) is 0 Å². The van der Waals surface area contributed by atoms with Gasteiger partial charge in [-0.15, -0.1) is 0 Å². The Kier molecular flexibility index (Phi) is 5.18. The Labute approximate surface area is 159 Å². The van der Waals surface area contributed by atoms with Gasteiger partial charge < -0.3 is 14.8 Å². The first kappa shape index (κ1) is 17.8. The summed E-state index contributed by atoms with van der Waals surface area (Å²) in [6.07, 6.45) is 2.34. The molecule has 1 N–H and O–H groups in total. The van der Waals surface area contributed by atoms with Crippen LogP contribution in [0.1, 0.15) is 18.5 Å². The molecule has 1 atom stereocenters. The minimum atomic E-state index is -0.751. The molecule has 0 radical (unpaired) electrons. The molecule has 0 spiro atoms. The number of thiocarbonyl (C=S) groups is 1. The van der Waals surface area contributed by atoms with E-state index in [2.05, 4.69) is 22.3 Å². The van der Waals surface area contributed by atoms with Crippen LogP contribution in [0, 0.1) is 0 Å². The van der Waals surface area contributed by atoms with E-state index in [1.54, 1.807) is 7.11 Å². The van der Waals surface area contributed by atoms with Crippen molar-refractivity contribution in [3.63, 3.8) is 0 Å². The number of methoxy groups -OCH3 is 1. The summed E-state index contributed by atoms with van der Waals surface area (Å²) in [6.45, 7) is 3.92. The van der Waals surface area contributed by atoms with Crippen molar-refractivity contribution in [2.45, 2.75) is 24.5 Å². The number of pyridine rings is 1. The van der Waals surface area contributed by atoms with Gasteiger partial charge in [0.1, 0.15) is 4.99 Å². The van der Waals surface area contributed by atoms with E-state index in [-0.39, 0.29) is 0 Å². The zero-order valence-corrected chi connectivity index (χ0v) is 15.9. The fraction of sp³-hybridized carbons (Fsp3) is 0.500. The summed E-state index contributed by atoms with van der Waals surface area (Å²) in [5, 5.41) is 4.61. The zero-order chi connectivity index (χ0) is 18.0. The van der Waals surface area contributed by atoms with E-state index in [1.165, 1.54) is 12.8 Å². The highest BCUT2D eigenvalue weighted by molar-refractivity contribution is 7.80. The van der Waals surface area contributed by atoms with Crippen molar-refractivity contribution in [3.05, 3.63) is 42.1 Å². The Balaban J connectivity index is 1.71. The number of fused-ring (bicyclic) bond motifs is 1. The van der Waals surface area contributed by atoms with Gasteiger partial charge in [-0.3, -0.25) is 4.90 Å². The number of para-hydroxylation sites is 1. The normalized spacial score (nSPS) is 20.7. The second-order valence-electron chi connectivity index (χ2n) is 7.06. The predicted molar refractivity (Wildman–Crippen MR) is 106 cm³/mol. The summed E-state index contributed by atoms with van der Waals surface area (Å²) in [6, 6.07) is 12.8. The lowest BCUT2D eigenvalue weighted by molar-refractivity contribution is -0.0253. The molecule has 1 aliphatic carbocycles. The lowest BCUT2D eigenvalue weighted by Gasteiger charge is -2.39. The molecule has 0 bridgehead atoms. The van der Waals surface area contributed by atoms with Crippen molar-refractivity contribution in [1.29, 1.82) is 0 Å². The van der Waals surface area contributed by atoms with Gasteiger partial charge in [0.25, 0.3) is 0 Å². The van der Waals surface area contributed by atoms with Crippen LogP contribution >= 0.6 is 12.2 Å². The third-order valence-electron chi connectivity index (χ3n) is 5.19. The molecule has 1 aromatic heterocycles. The van der Waals surface area contributed by atoms with Gasteiger partial charge in [0, 0.05) is 38.2 Å². The topological polar surface area (TPSA) is 46.6 Å². The SMILES string of the molecule is COC(CN1CCOCC1)(C(=S)NC1CC1)c1ccc2ccccc2n1. The standard InChI is InChI=1S/C20H25N3O2S/c1-24-20(19(26)21-16-7-8-16,14-23-10-12-25-13-11-23)18-9-6-15-4-2-3-5-17(15)22-18/h2-6,9,16H,7-8,10-14H2,1H3,(H,21,26). The third kappa shape index (κ3) is 3.60. The second kappa shape index (κ2) is 7.56. The number of morpholine rings is 1. The summed E-state index contributed by atoms with van der Waals surface area (Å²) in [7, 11) is 1.73. The molecule has 6 heteroatoms. The molecule has 0 amide bonds. The Hall–Kier alpha value is -1.60. The number of hydrogen-bond acceptors (Lipinski definition) is 5. The fourth-order valence-electron chi connectivity index (χ4n) is 3.43. The average Bonchev–Trinajstić information content (AvgIpc) is 3.50. The summed E-state index contributed by atoms with van der Waals surface area (Å²) in [4.78, 5) is 8.01. The van der Waals surface area contributed by atoms with E-state index in [9.17, 15) is 0 Å². The molecule has 1 saturated carbocycles. The molecule has 1 saturated heterocycles. The van der Waals surface area contributed by atoms with E-state index in [0.29, 0.717) is 12.6 Å². The van der Waals surface area contributed by atoms with Crippen molar-refractivity contribution >= 4 is 28.1 Å². The minimum Gasteiger partial charge on any atom is -0.379 e. The van der Waals surface area contributed by atoms with E-state index >= 15 is 0 Å². The predicted octanol–water partition coefficient (Wildman–Crippen LogP) is 2.49. The second-order valence-corrected chi connectivity index (χ2v) is 7.46. The van der Waals surface area contributed by atoms with Crippen LogP contribution in [0.25, 0.3) is 10.9 Å². The Bertz CT molecular complexity index is 789. The molecular weight excluding hydrogens is 346 g/mol. The Morgan fingerprint density at radius 1 is 1.27 bits per heavy atom. The minimum absolute atomic E-state index is 0.474. The quantitative estimate of drug-likeness (QED) is 0.788. The smallest absolute Gasteiger partial charge is 0.172 e. The molecule has 26 heavy (non-hydrogen) atoms. The first-order chi connectivity index (χ1) is 12.7. The van der Waals surface area contributed by atoms with Gasteiger partial charge in [0.2, 0.25) is 0 Å². The Morgan fingerprint density at radius 3 is 2.77 bits per heavy atom. The largest absolute Gasteiger partial charge is 0.379 e. The monoisotopic (exact) mass is 371 g/mol. The zero-order valence-electron chi connectivity index (χ0n) is 15.1. The van der Waals surface area contributed by atoms with Crippen LogP contribution in [-0.2, 0) is 15.1 Å². The van der Waals surface area contributed by atoms with Gasteiger partial charge in [0.05, 0.1) is 24.4 Å². The van der Waals surface area contributed by atoms with E-state index < -0.39 is 5.60 Å². The number of benzene rings is 1. The van der Waals surface area contributed by atoms with Gasteiger partial charge in [-0.2, -0.15) is 0 Å². The molecule has 1 aliphatic heterocycles. The molecule has 4 rings (SSSR count). The van der Waals surface area contributed by atoms with Crippen LogP contribution in [0.5, 0.6) is 0 Å². The Morgan fingerprint density at radius 2 is 2.04 bits per heavy atom. The van der Waals surface area contributed by atoms with Crippen LogP contribution in [0.15, 0.2) is 36.4 Å². The summed E-state index contributed by atoms with van der Waals surface area (Å²) < 4.78 is 11.6. The van der Waals surface area contributed by atoms with Crippen molar-refractivity contribution in [1.82, 2.24) is 15.2 Å². The first-order valence-corrected chi connectivity index (χ1v) is 9.64. The third-order valence-corrected chi connectivity index (χ3v) is 5.64. The van der Waals surface area contributed by atoms with E-state index in [4.69, 9.17) is 26.7 Å². The lowest BCUT2D eigenvalue weighted by Crippen LogP contribution is -2.54. The van der Waals surface area contributed by atoms with Gasteiger partial charge in [0.15, 0.2) is 5.60 Å². The number of hydrogen-bond donors (Lipinski definition) is 1. The first-order valence-electron chi connectivity index (χ1n) is 9.24. The maximum atomic E-state index is 6.12. The number of nitrogens with one attached hydrogen (secondary N) is 1. The van der Waals surface area contributed by atoms with E-state index in [1.807, 2.05) is 24.3 Å². The number of ether oxygens (including phenoxy) is 2. The van der Waals surface area contributed by atoms with Gasteiger partial charge >= 0.3 is 0 Å². The number of nitrogens with zero attached hydrogens (tertiary/aromatic N) is 2. The highest BCUT2D eigenvalue weighted by atomic mass is 32.1. The molecule has 1 aromatic carbocycles. The maximum absolute atomic E-state index is 6.12. The van der Waals surface area contributed by atoms with Crippen LogP contribution in [-0.4, -0.2) is 60.9 Å². The molecule has 2 aliphatic rings. The van der Waals surface area contributed by atoms with Gasteiger partial charge in [-0.25, -0.2) is 4.98 Å².